The molecule has 0 spiro atoms. The minimum Gasteiger partial charge on any atom is -0.388 e. The third-order valence-electron chi connectivity index (χ3n) is 3.39. The highest BCUT2D eigenvalue weighted by Gasteiger charge is 2.25. The Morgan fingerprint density at radius 2 is 2.00 bits per heavy atom. The number of benzene rings is 1. The zero-order chi connectivity index (χ0) is 10.8. The average Bonchev–Trinajstić information content (AvgIpc) is 2.74. The summed E-state index contributed by atoms with van der Waals surface area (Å²) in [7, 11) is 0. The summed E-state index contributed by atoms with van der Waals surface area (Å²) in [5.74, 6) is 0.486. The van der Waals surface area contributed by atoms with Crippen molar-refractivity contribution in [2.24, 2.45) is 5.92 Å². The molecule has 1 aromatic rings. The third kappa shape index (κ3) is 2.36. The predicted molar refractivity (Wildman–Crippen MR) is 70.8 cm³/mol. The van der Waals surface area contributed by atoms with Gasteiger partial charge >= 0.3 is 0 Å². The Morgan fingerprint density at radius 3 is 2.67 bits per heavy atom. The number of hydrogen-bond donors (Lipinski definition) is 1. The van der Waals surface area contributed by atoms with Crippen molar-refractivity contribution in [3.05, 3.63) is 32.9 Å². The third-order valence-corrected chi connectivity index (χ3v) is 4.86. The number of rotatable bonds is 2. The Kier molecular flexibility index (Phi) is 3.67. The van der Waals surface area contributed by atoms with Crippen molar-refractivity contribution < 1.29 is 5.11 Å². The first-order valence-corrected chi connectivity index (χ1v) is 6.71. The van der Waals surface area contributed by atoms with Gasteiger partial charge in [0.1, 0.15) is 0 Å². The fraction of sp³-hybridized carbons (Fsp3) is 0.538. The lowest BCUT2D eigenvalue weighted by molar-refractivity contribution is 0.111. The second-order valence-electron chi connectivity index (χ2n) is 4.47. The van der Waals surface area contributed by atoms with E-state index in [1.807, 2.05) is 6.07 Å². The van der Waals surface area contributed by atoms with Gasteiger partial charge in [-0.05, 0) is 59.4 Å². The van der Waals surface area contributed by atoms with Crippen LogP contribution in [0, 0.1) is 16.4 Å². The highest BCUT2D eigenvalue weighted by atomic mass is 127. The van der Waals surface area contributed by atoms with Gasteiger partial charge < -0.3 is 5.11 Å². The second kappa shape index (κ2) is 4.83. The molecular weight excluding hydrogens is 299 g/mol. The van der Waals surface area contributed by atoms with Crippen molar-refractivity contribution in [1.29, 1.82) is 0 Å². The smallest absolute Gasteiger partial charge is 0.0828 e. The van der Waals surface area contributed by atoms with Gasteiger partial charge in [-0.1, -0.05) is 31.0 Å². The van der Waals surface area contributed by atoms with Crippen LogP contribution in [0.1, 0.15) is 42.9 Å². The summed E-state index contributed by atoms with van der Waals surface area (Å²) in [4.78, 5) is 0. The molecule has 1 aromatic carbocycles. The lowest BCUT2D eigenvalue weighted by Gasteiger charge is -2.20. The molecule has 1 unspecified atom stereocenters. The van der Waals surface area contributed by atoms with Crippen molar-refractivity contribution in [2.75, 3.05) is 0 Å². The first-order valence-electron chi connectivity index (χ1n) is 5.63. The fourth-order valence-corrected chi connectivity index (χ4v) is 3.10. The van der Waals surface area contributed by atoms with Crippen LogP contribution in [0.3, 0.4) is 0 Å². The van der Waals surface area contributed by atoms with E-state index in [-0.39, 0.29) is 6.10 Å². The molecule has 0 heterocycles. The molecule has 15 heavy (non-hydrogen) atoms. The van der Waals surface area contributed by atoms with Crippen LogP contribution < -0.4 is 0 Å². The molecule has 0 amide bonds. The summed E-state index contributed by atoms with van der Waals surface area (Å²) in [6, 6.07) is 6.22. The normalized spacial score (nSPS) is 19.4. The highest BCUT2D eigenvalue weighted by molar-refractivity contribution is 14.1. The molecule has 1 fully saturated rings. The maximum Gasteiger partial charge on any atom is 0.0828 e. The number of aryl methyl sites for hydroxylation is 1. The number of aliphatic hydroxyl groups is 1. The summed E-state index contributed by atoms with van der Waals surface area (Å²) in [5, 5.41) is 10.3. The van der Waals surface area contributed by atoms with Crippen molar-refractivity contribution >= 4 is 22.6 Å². The Hall–Kier alpha value is -0.0900. The molecule has 0 radical (unpaired) electrons. The second-order valence-corrected chi connectivity index (χ2v) is 5.55. The van der Waals surface area contributed by atoms with Crippen LogP contribution >= 0.6 is 22.6 Å². The molecule has 0 aromatic heterocycles. The van der Waals surface area contributed by atoms with Gasteiger partial charge in [0.15, 0.2) is 0 Å². The van der Waals surface area contributed by atoms with E-state index in [2.05, 4.69) is 41.6 Å². The Morgan fingerprint density at radius 1 is 1.33 bits per heavy atom. The predicted octanol–water partition coefficient (Wildman–Crippen LogP) is 3.82. The van der Waals surface area contributed by atoms with E-state index in [1.54, 1.807) is 0 Å². The number of aliphatic hydroxyl groups excluding tert-OH is 1. The van der Waals surface area contributed by atoms with Crippen LogP contribution in [0.4, 0.5) is 0 Å². The van der Waals surface area contributed by atoms with Gasteiger partial charge in [-0.3, -0.25) is 0 Å². The van der Waals surface area contributed by atoms with E-state index in [4.69, 9.17) is 0 Å². The number of hydrogen-bond acceptors (Lipinski definition) is 1. The molecule has 1 saturated carbocycles. The van der Waals surface area contributed by atoms with Crippen LogP contribution in [0.5, 0.6) is 0 Å². The van der Waals surface area contributed by atoms with Crippen molar-refractivity contribution in [3.63, 3.8) is 0 Å². The number of halogens is 1. The maximum atomic E-state index is 10.3. The summed E-state index contributed by atoms with van der Waals surface area (Å²) < 4.78 is 1.23. The van der Waals surface area contributed by atoms with Gasteiger partial charge in [-0.25, -0.2) is 0 Å². The fourth-order valence-electron chi connectivity index (χ4n) is 2.43. The Bertz CT molecular complexity index is 342. The van der Waals surface area contributed by atoms with Crippen LogP contribution in [0.2, 0.25) is 0 Å². The summed E-state index contributed by atoms with van der Waals surface area (Å²) in [6.45, 7) is 2.10. The SMILES string of the molecule is Cc1cccc(C(O)C2CCCC2)c1I. The zero-order valence-corrected chi connectivity index (χ0v) is 11.2. The monoisotopic (exact) mass is 316 g/mol. The van der Waals surface area contributed by atoms with Crippen molar-refractivity contribution in [3.8, 4) is 0 Å². The van der Waals surface area contributed by atoms with Crippen molar-refractivity contribution in [1.82, 2.24) is 0 Å². The molecule has 1 N–H and O–H groups in total. The lowest BCUT2D eigenvalue weighted by Crippen LogP contribution is -2.10. The van der Waals surface area contributed by atoms with E-state index in [9.17, 15) is 5.11 Å². The molecule has 1 nitrogen and oxygen atoms in total. The lowest BCUT2D eigenvalue weighted by atomic mass is 9.94. The quantitative estimate of drug-likeness (QED) is 0.822. The molecule has 0 bridgehead atoms. The highest BCUT2D eigenvalue weighted by Crippen LogP contribution is 2.37. The molecule has 0 aliphatic heterocycles. The molecule has 1 aliphatic rings. The average molecular weight is 316 g/mol. The van der Waals surface area contributed by atoms with Gasteiger partial charge in [0.25, 0.3) is 0 Å². The Balaban J connectivity index is 2.24. The van der Waals surface area contributed by atoms with Gasteiger partial charge in [0, 0.05) is 3.57 Å². The van der Waals surface area contributed by atoms with E-state index >= 15 is 0 Å². The largest absolute Gasteiger partial charge is 0.388 e. The molecule has 82 valence electrons. The molecular formula is C13H17IO. The topological polar surface area (TPSA) is 20.2 Å². The van der Waals surface area contributed by atoms with Crippen molar-refractivity contribution in [2.45, 2.75) is 38.7 Å². The van der Waals surface area contributed by atoms with Gasteiger partial charge in [0.05, 0.1) is 6.10 Å². The molecule has 2 rings (SSSR count). The van der Waals surface area contributed by atoms with E-state index < -0.39 is 0 Å². The summed E-state index contributed by atoms with van der Waals surface area (Å²) in [6.07, 6.45) is 4.68. The molecule has 1 aliphatic carbocycles. The van der Waals surface area contributed by atoms with E-state index in [0.29, 0.717) is 5.92 Å². The van der Waals surface area contributed by atoms with Crippen LogP contribution in [-0.4, -0.2) is 5.11 Å². The van der Waals surface area contributed by atoms with Crippen LogP contribution in [-0.2, 0) is 0 Å². The standard InChI is InChI=1S/C13H17IO/c1-9-5-4-8-11(12(9)14)13(15)10-6-2-3-7-10/h4-5,8,10,13,15H,2-3,6-7H2,1H3. The zero-order valence-electron chi connectivity index (χ0n) is 9.04. The Labute approximate surface area is 105 Å². The first kappa shape index (κ1) is 11.4. The van der Waals surface area contributed by atoms with Gasteiger partial charge in [-0.15, -0.1) is 0 Å². The summed E-state index contributed by atoms with van der Waals surface area (Å²) >= 11 is 2.35. The molecule has 1 atom stereocenters. The van der Waals surface area contributed by atoms with Crippen LogP contribution in [0.15, 0.2) is 18.2 Å². The van der Waals surface area contributed by atoms with E-state index in [1.165, 1.54) is 34.8 Å². The summed E-state index contributed by atoms with van der Waals surface area (Å²) in [5.41, 5.74) is 2.40. The maximum absolute atomic E-state index is 10.3. The van der Waals surface area contributed by atoms with Gasteiger partial charge in [-0.2, -0.15) is 0 Å². The van der Waals surface area contributed by atoms with E-state index in [0.717, 1.165) is 5.56 Å². The minimum absolute atomic E-state index is 0.251. The first-order chi connectivity index (χ1) is 7.20. The van der Waals surface area contributed by atoms with Gasteiger partial charge in [0.2, 0.25) is 0 Å². The molecule has 2 heteroatoms. The molecule has 0 saturated heterocycles. The van der Waals surface area contributed by atoms with Crippen LogP contribution in [0.25, 0.3) is 0 Å². The minimum atomic E-state index is -0.251.